The van der Waals surface area contributed by atoms with Crippen LogP contribution in [0, 0.1) is 0 Å². The van der Waals surface area contributed by atoms with E-state index >= 15 is 0 Å². The zero-order valence-electron chi connectivity index (χ0n) is 14.4. The molecule has 3 heteroatoms. The summed E-state index contributed by atoms with van der Waals surface area (Å²) in [4.78, 5) is 15.4. The second-order valence-electron chi connectivity index (χ2n) is 6.50. The third-order valence-electron chi connectivity index (χ3n) is 4.40. The number of nitrogens with zero attached hydrogens (tertiary/aromatic N) is 1. The van der Waals surface area contributed by atoms with Gasteiger partial charge in [0.05, 0.1) is 10.4 Å². The van der Waals surface area contributed by atoms with Crippen LogP contribution in [0.2, 0.25) is 0 Å². The van der Waals surface area contributed by atoms with Crippen LogP contribution < -0.4 is 10.3 Å². The number of hydrogen-bond donors (Lipinski definition) is 0. The third-order valence-corrected chi connectivity index (χ3v) is 5.59. The Labute approximate surface area is 141 Å². The summed E-state index contributed by atoms with van der Waals surface area (Å²) in [5.41, 5.74) is 3.83. The van der Waals surface area contributed by atoms with E-state index in [1.807, 2.05) is 24.3 Å². The Kier molecular flexibility index (Phi) is 4.15. The Morgan fingerprint density at radius 1 is 1.17 bits per heavy atom. The molecule has 0 aliphatic heterocycles. The van der Waals surface area contributed by atoms with E-state index in [9.17, 15) is 4.79 Å². The normalized spacial score (nSPS) is 11.6. The van der Waals surface area contributed by atoms with Gasteiger partial charge in [-0.2, -0.15) is 0 Å². The number of rotatable bonds is 3. The lowest BCUT2D eigenvalue weighted by Crippen LogP contribution is -2.14. The molecular weight excluding hydrogens is 302 g/mol. The van der Waals surface area contributed by atoms with Crippen LogP contribution in [-0.2, 0) is 6.42 Å². The van der Waals surface area contributed by atoms with Crippen molar-refractivity contribution in [2.75, 3.05) is 19.0 Å². The molecular formula is C20H23NOS. The molecule has 1 heterocycles. The summed E-state index contributed by atoms with van der Waals surface area (Å²) in [7, 11) is 4.10. The van der Waals surface area contributed by atoms with Crippen LogP contribution in [0.15, 0.2) is 35.1 Å². The van der Waals surface area contributed by atoms with Crippen molar-refractivity contribution in [2.24, 2.45) is 0 Å². The molecule has 3 rings (SSSR count). The van der Waals surface area contributed by atoms with Gasteiger partial charge in [0.25, 0.3) is 0 Å². The first-order valence-electron chi connectivity index (χ1n) is 8.14. The average Bonchev–Trinajstić information content (AvgIpc) is 2.53. The molecule has 0 aliphatic rings. The number of hydrogen-bond acceptors (Lipinski definition) is 3. The molecule has 0 N–H and O–H groups in total. The van der Waals surface area contributed by atoms with E-state index in [-0.39, 0.29) is 5.43 Å². The summed E-state index contributed by atoms with van der Waals surface area (Å²) in [5, 5.41) is 1.76. The standard InChI is InChI=1S/C20H23NOS/c1-6-13-11-15(21(4)5)20-18(17(13)12(2)3)19(22)14-9-7-8-10-16(14)23-20/h7-12H,6H2,1-5H3. The summed E-state index contributed by atoms with van der Waals surface area (Å²) < 4.78 is 2.17. The minimum Gasteiger partial charge on any atom is -0.376 e. The van der Waals surface area contributed by atoms with Crippen LogP contribution in [0.25, 0.3) is 20.2 Å². The van der Waals surface area contributed by atoms with Crippen molar-refractivity contribution in [3.63, 3.8) is 0 Å². The maximum Gasteiger partial charge on any atom is 0.196 e. The minimum absolute atomic E-state index is 0.177. The van der Waals surface area contributed by atoms with E-state index in [2.05, 4.69) is 45.8 Å². The molecule has 0 bridgehead atoms. The molecule has 0 unspecified atom stereocenters. The number of benzene rings is 2. The van der Waals surface area contributed by atoms with Crippen LogP contribution in [-0.4, -0.2) is 14.1 Å². The SMILES string of the molecule is CCc1cc(N(C)C)c2sc3ccccc3c(=O)c2c1C(C)C. The van der Waals surface area contributed by atoms with E-state index in [1.54, 1.807) is 11.3 Å². The molecule has 2 nitrogen and oxygen atoms in total. The molecule has 0 saturated carbocycles. The second-order valence-corrected chi connectivity index (χ2v) is 7.55. The minimum atomic E-state index is 0.177. The Morgan fingerprint density at radius 3 is 2.48 bits per heavy atom. The van der Waals surface area contributed by atoms with Gasteiger partial charge in [-0.1, -0.05) is 32.9 Å². The van der Waals surface area contributed by atoms with E-state index in [4.69, 9.17) is 0 Å². The fraction of sp³-hybridized carbons (Fsp3) is 0.350. The van der Waals surface area contributed by atoms with Crippen molar-refractivity contribution in [1.29, 1.82) is 0 Å². The molecule has 0 radical (unpaired) electrons. The van der Waals surface area contributed by atoms with Crippen molar-refractivity contribution in [3.05, 3.63) is 51.7 Å². The highest BCUT2D eigenvalue weighted by molar-refractivity contribution is 7.25. The fourth-order valence-corrected chi connectivity index (χ4v) is 4.61. The number of aryl methyl sites for hydroxylation is 1. The highest BCUT2D eigenvalue weighted by Crippen LogP contribution is 2.38. The Morgan fingerprint density at radius 2 is 1.87 bits per heavy atom. The molecule has 0 saturated heterocycles. The molecule has 0 atom stereocenters. The van der Waals surface area contributed by atoms with Gasteiger partial charge in [-0.3, -0.25) is 4.79 Å². The van der Waals surface area contributed by atoms with E-state index in [1.165, 1.54) is 11.1 Å². The molecule has 0 aliphatic carbocycles. The monoisotopic (exact) mass is 325 g/mol. The van der Waals surface area contributed by atoms with Crippen LogP contribution in [0.3, 0.4) is 0 Å². The lowest BCUT2D eigenvalue weighted by Gasteiger charge is -2.22. The summed E-state index contributed by atoms with van der Waals surface area (Å²) in [6.07, 6.45) is 0.946. The van der Waals surface area contributed by atoms with Crippen LogP contribution in [0.5, 0.6) is 0 Å². The van der Waals surface area contributed by atoms with Gasteiger partial charge in [0.1, 0.15) is 0 Å². The quantitative estimate of drug-likeness (QED) is 0.619. The van der Waals surface area contributed by atoms with Crippen molar-refractivity contribution < 1.29 is 0 Å². The van der Waals surface area contributed by atoms with Gasteiger partial charge in [-0.25, -0.2) is 0 Å². The maximum absolute atomic E-state index is 13.2. The first kappa shape index (κ1) is 16.0. The Hall–Kier alpha value is -1.87. The summed E-state index contributed by atoms with van der Waals surface area (Å²) >= 11 is 1.73. The smallest absolute Gasteiger partial charge is 0.196 e. The molecule has 1 aromatic heterocycles. The third kappa shape index (κ3) is 2.53. The molecule has 0 spiro atoms. The summed E-state index contributed by atoms with van der Waals surface area (Å²) in [6.45, 7) is 6.53. The zero-order valence-corrected chi connectivity index (χ0v) is 15.3. The molecule has 120 valence electrons. The lowest BCUT2D eigenvalue weighted by molar-refractivity contribution is 0.854. The average molecular weight is 325 g/mol. The van der Waals surface area contributed by atoms with Crippen molar-refractivity contribution in [1.82, 2.24) is 0 Å². The van der Waals surface area contributed by atoms with Crippen LogP contribution in [0.1, 0.15) is 37.8 Å². The molecule has 2 aromatic carbocycles. The fourth-order valence-electron chi connectivity index (χ4n) is 3.32. The van der Waals surface area contributed by atoms with Gasteiger partial charge in [0.15, 0.2) is 5.43 Å². The van der Waals surface area contributed by atoms with Crippen LogP contribution >= 0.6 is 11.3 Å². The summed E-state index contributed by atoms with van der Waals surface area (Å²) in [6, 6.07) is 10.2. The van der Waals surface area contributed by atoms with Crippen molar-refractivity contribution in [2.45, 2.75) is 33.1 Å². The van der Waals surface area contributed by atoms with E-state index in [0.29, 0.717) is 5.92 Å². The molecule has 23 heavy (non-hydrogen) atoms. The highest BCUT2D eigenvalue weighted by atomic mass is 32.1. The predicted octanol–water partition coefficient (Wildman–Crippen LogP) is 5.17. The van der Waals surface area contributed by atoms with E-state index in [0.717, 1.165) is 32.3 Å². The molecule has 0 amide bonds. The van der Waals surface area contributed by atoms with Crippen molar-refractivity contribution in [3.8, 4) is 0 Å². The topological polar surface area (TPSA) is 20.3 Å². The number of anilines is 1. The van der Waals surface area contributed by atoms with Crippen molar-refractivity contribution >= 4 is 37.2 Å². The highest BCUT2D eigenvalue weighted by Gasteiger charge is 2.19. The van der Waals surface area contributed by atoms with Gasteiger partial charge < -0.3 is 4.90 Å². The zero-order chi connectivity index (χ0) is 16.7. The maximum atomic E-state index is 13.2. The Bertz CT molecular complexity index is 938. The van der Waals surface area contributed by atoms with Gasteiger partial charge in [0.2, 0.25) is 0 Å². The van der Waals surface area contributed by atoms with Crippen LogP contribution in [0.4, 0.5) is 5.69 Å². The molecule has 0 fully saturated rings. The largest absolute Gasteiger partial charge is 0.376 e. The van der Waals surface area contributed by atoms with E-state index < -0.39 is 0 Å². The lowest BCUT2D eigenvalue weighted by atomic mass is 9.91. The first-order chi connectivity index (χ1) is 11.0. The van der Waals surface area contributed by atoms with Gasteiger partial charge >= 0.3 is 0 Å². The van der Waals surface area contributed by atoms with Gasteiger partial charge in [0, 0.05) is 29.6 Å². The summed E-state index contributed by atoms with van der Waals surface area (Å²) in [5.74, 6) is 0.338. The molecule has 3 aromatic rings. The second kappa shape index (κ2) is 5.97. The van der Waals surface area contributed by atoms with Gasteiger partial charge in [-0.05, 0) is 41.7 Å². The predicted molar refractivity (Wildman–Crippen MR) is 103 cm³/mol. The number of fused-ring (bicyclic) bond motifs is 2. The van der Waals surface area contributed by atoms with Gasteiger partial charge in [-0.15, -0.1) is 11.3 Å². The first-order valence-corrected chi connectivity index (χ1v) is 8.96. The Balaban J connectivity index is 2.63.